The number of carbonyl (C=O) groups excluding carboxylic acids is 1. The molecule has 0 saturated carbocycles. The number of rotatable bonds is 2. The van der Waals surface area contributed by atoms with Crippen molar-refractivity contribution in [2.75, 3.05) is 0 Å². The molecule has 0 spiro atoms. The minimum atomic E-state index is -4.78. The van der Waals surface area contributed by atoms with Crippen molar-refractivity contribution < 1.29 is 26.7 Å². The van der Waals surface area contributed by atoms with Crippen LogP contribution in [0.5, 0.6) is 0 Å². The van der Waals surface area contributed by atoms with Gasteiger partial charge >= 0.3 is 12.6 Å². The van der Waals surface area contributed by atoms with Gasteiger partial charge in [-0.2, -0.15) is 13.2 Å². The number of hydrogen-bond donors (Lipinski definition) is 0. The first-order chi connectivity index (χ1) is 7.23. The number of halogens is 6. The maximum Gasteiger partial charge on any atom is 0.417 e. The summed E-state index contributed by atoms with van der Waals surface area (Å²) in [4.78, 5) is 10.8. The van der Waals surface area contributed by atoms with Crippen LogP contribution in [-0.2, 0) is 6.18 Å². The second-order valence-electron chi connectivity index (χ2n) is 2.86. The Kier molecular flexibility index (Phi) is 3.52. The molecule has 0 unspecified atom stereocenters. The molecule has 0 fully saturated rings. The molecule has 1 rings (SSSR count). The second-order valence-corrected chi connectivity index (χ2v) is 3.26. The molecule has 0 bridgehead atoms. The van der Waals surface area contributed by atoms with Gasteiger partial charge in [-0.05, 0) is 18.2 Å². The SMILES string of the molecule is O=C(c1ccc(Cl)c(C(F)(F)F)c1)C(F)F. The zero-order valence-electron chi connectivity index (χ0n) is 7.49. The molecule has 0 saturated heterocycles. The molecule has 88 valence electrons. The van der Waals surface area contributed by atoms with Crippen LogP contribution < -0.4 is 0 Å². The molecule has 0 aliphatic rings. The summed E-state index contributed by atoms with van der Waals surface area (Å²) in [6.07, 6.45) is -8.13. The van der Waals surface area contributed by atoms with E-state index in [2.05, 4.69) is 0 Å². The Hall–Kier alpha value is -1.17. The Morgan fingerprint density at radius 1 is 1.25 bits per heavy atom. The lowest BCUT2D eigenvalue weighted by atomic mass is 10.1. The Balaban J connectivity index is 3.23. The molecular weight excluding hydrogens is 255 g/mol. The predicted molar refractivity (Wildman–Crippen MR) is 46.8 cm³/mol. The van der Waals surface area contributed by atoms with Crippen molar-refractivity contribution in [2.24, 2.45) is 0 Å². The van der Waals surface area contributed by atoms with Crippen molar-refractivity contribution in [3.63, 3.8) is 0 Å². The van der Waals surface area contributed by atoms with Crippen LogP contribution in [0, 0.1) is 0 Å². The zero-order valence-corrected chi connectivity index (χ0v) is 8.24. The van der Waals surface area contributed by atoms with E-state index in [-0.39, 0.29) is 0 Å². The standard InChI is InChI=1S/C9H4ClF5O/c10-6-2-1-4(7(16)8(11)12)3-5(6)9(13,14)15/h1-3,8H. The monoisotopic (exact) mass is 258 g/mol. The molecule has 0 radical (unpaired) electrons. The van der Waals surface area contributed by atoms with Crippen LogP contribution in [0.4, 0.5) is 22.0 Å². The maximum atomic E-state index is 12.3. The fourth-order valence-electron chi connectivity index (χ4n) is 1.02. The van der Waals surface area contributed by atoms with Crippen molar-refractivity contribution in [1.82, 2.24) is 0 Å². The molecule has 1 aromatic rings. The largest absolute Gasteiger partial charge is 0.417 e. The lowest BCUT2D eigenvalue weighted by Crippen LogP contribution is -2.13. The summed E-state index contributed by atoms with van der Waals surface area (Å²) in [5.74, 6) is -1.66. The van der Waals surface area contributed by atoms with Crippen LogP contribution >= 0.6 is 11.6 Å². The van der Waals surface area contributed by atoms with E-state index in [0.29, 0.717) is 6.07 Å². The Morgan fingerprint density at radius 2 is 1.81 bits per heavy atom. The van der Waals surface area contributed by atoms with Crippen LogP contribution in [-0.4, -0.2) is 12.2 Å². The highest BCUT2D eigenvalue weighted by Crippen LogP contribution is 2.35. The summed E-state index contributed by atoms with van der Waals surface area (Å²) in [6.45, 7) is 0. The Labute approximate surface area is 91.8 Å². The van der Waals surface area contributed by atoms with Gasteiger partial charge in [-0.1, -0.05) is 11.6 Å². The van der Waals surface area contributed by atoms with Gasteiger partial charge in [0.05, 0.1) is 10.6 Å². The number of benzene rings is 1. The molecule has 0 heterocycles. The summed E-state index contributed by atoms with van der Waals surface area (Å²) in [6, 6.07) is 1.91. The molecule has 0 N–H and O–H groups in total. The van der Waals surface area contributed by atoms with Gasteiger partial charge in [0.2, 0.25) is 5.78 Å². The van der Waals surface area contributed by atoms with Crippen molar-refractivity contribution in [3.05, 3.63) is 34.3 Å². The minimum absolute atomic E-state index is 0.316. The van der Waals surface area contributed by atoms with E-state index in [0.717, 1.165) is 12.1 Å². The Bertz CT molecular complexity index is 413. The van der Waals surface area contributed by atoms with Crippen LogP contribution in [0.25, 0.3) is 0 Å². The van der Waals surface area contributed by atoms with Gasteiger partial charge in [0, 0.05) is 5.56 Å². The highest BCUT2D eigenvalue weighted by molar-refractivity contribution is 6.31. The average molecular weight is 259 g/mol. The topological polar surface area (TPSA) is 17.1 Å². The number of Topliss-reactive ketones (excluding diaryl/α,β-unsaturated/α-hetero) is 1. The number of carbonyl (C=O) groups is 1. The second kappa shape index (κ2) is 4.37. The van der Waals surface area contributed by atoms with E-state index < -0.39 is 34.5 Å². The maximum absolute atomic E-state index is 12.3. The van der Waals surface area contributed by atoms with Crippen LogP contribution in [0.1, 0.15) is 15.9 Å². The minimum Gasteiger partial charge on any atom is -0.288 e. The van der Waals surface area contributed by atoms with Gasteiger partial charge < -0.3 is 0 Å². The molecule has 16 heavy (non-hydrogen) atoms. The van der Waals surface area contributed by atoms with E-state index >= 15 is 0 Å². The van der Waals surface area contributed by atoms with Crippen molar-refractivity contribution >= 4 is 17.4 Å². The first-order valence-electron chi connectivity index (χ1n) is 3.92. The highest BCUT2D eigenvalue weighted by Gasteiger charge is 2.34. The smallest absolute Gasteiger partial charge is 0.288 e. The lowest BCUT2D eigenvalue weighted by molar-refractivity contribution is -0.137. The first-order valence-corrected chi connectivity index (χ1v) is 4.30. The number of hydrogen-bond acceptors (Lipinski definition) is 1. The molecule has 0 atom stereocenters. The molecule has 7 heteroatoms. The third-order valence-corrected chi connectivity index (χ3v) is 2.08. The molecule has 0 aliphatic heterocycles. The average Bonchev–Trinajstić information content (AvgIpc) is 2.15. The molecule has 1 nitrogen and oxygen atoms in total. The molecule has 0 amide bonds. The zero-order chi connectivity index (χ0) is 12.5. The van der Waals surface area contributed by atoms with Gasteiger partial charge in [0.15, 0.2) is 0 Å². The van der Waals surface area contributed by atoms with Crippen LogP contribution in [0.15, 0.2) is 18.2 Å². The third kappa shape index (κ3) is 2.69. The van der Waals surface area contributed by atoms with Gasteiger partial charge in [-0.25, -0.2) is 8.78 Å². The summed E-state index contributed by atoms with van der Waals surface area (Å²) < 4.78 is 60.9. The molecule has 1 aromatic carbocycles. The van der Waals surface area contributed by atoms with Gasteiger partial charge in [-0.15, -0.1) is 0 Å². The fourth-order valence-corrected chi connectivity index (χ4v) is 1.25. The highest BCUT2D eigenvalue weighted by atomic mass is 35.5. The van der Waals surface area contributed by atoms with Gasteiger partial charge in [0.25, 0.3) is 0 Å². The quantitative estimate of drug-likeness (QED) is 0.582. The molecule has 0 aromatic heterocycles. The van der Waals surface area contributed by atoms with Crippen LogP contribution in [0.2, 0.25) is 5.02 Å². The van der Waals surface area contributed by atoms with Crippen molar-refractivity contribution in [1.29, 1.82) is 0 Å². The summed E-state index contributed by atoms with van der Waals surface area (Å²) in [5.41, 5.74) is -2.02. The number of ketones is 1. The van der Waals surface area contributed by atoms with Gasteiger partial charge in [0.1, 0.15) is 0 Å². The van der Waals surface area contributed by atoms with E-state index in [9.17, 15) is 26.7 Å². The van der Waals surface area contributed by atoms with E-state index in [1.54, 1.807) is 0 Å². The molecular formula is C9H4ClF5O. The fraction of sp³-hybridized carbons (Fsp3) is 0.222. The summed E-state index contributed by atoms with van der Waals surface area (Å²) in [7, 11) is 0. The Morgan fingerprint density at radius 3 is 2.25 bits per heavy atom. The normalized spacial score (nSPS) is 11.9. The van der Waals surface area contributed by atoms with Gasteiger partial charge in [-0.3, -0.25) is 4.79 Å². The predicted octanol–water partition coefficient (Wildman–Crippen LogP) is 3.81. The first kappa shape index (κ1) is 12.9. The van der Waals surface area contributed by atoms with Crippen LogP contribution in [0.3, 0.4) is 0 Å². The lowest BCUT2D eigenvalue weighted by Gasteiger charge is -2.10. The van der Waals surface area contributed by atoms with E-state index in [1.165, 1.54) is 0 Å². The van der Waals surface area contributed by atoms with E-state index in [1.807, 2.05) is 0 Å². The van der Waals surface area contributed by atoms with Crippen molar-refractivity contribution in [3.8, 4) is 0 Å². The van der Waals surface area contributed by atoms with Crippen molar-refractivity contribution in [2.45, 2.75) is 12.6 Å². The summed E-state index contributed by atoms with van der Waals surface area (Å²) >= 11 is 5.25. The molecule has 0 aliphatic carbocycles. The third-order valence-electron chi connectivity index (χ3n) is 1.75. The number of alkyl halides is 5. The van der Waals surface area contributed by atoms with E-state index in [4.69, 9.17) is 11.6 Å². The summed E-state index contributed by atoms with van der Waals surface area (Å²) in [5, 5.41) is -0.640.